The van der Waals surface area contributed by atoms with Gasteiger partial charge in [-0.1, -0.05) is 18.2 Å². The van der Waals surface area contributed by atoms with E-state index in [9.17, 15) is 22.8 Å². The molecular formula is C23H25NO7S. The van der Waals surface area contributed by atoms with Gasteiger partial charge in [0.05, 0.1) is 16.9 Å². The fourth-order valence-corrected chi connectivity index (χ4v) is 4.23. The quantitative estimate of drug-likeness (QED) is 0.322. The maximum Gasteiger partial charge on any atom is 0.329 e. The number of imide groups is 1. The van der Waals surface area contributed by atoms with Crippen LogP contribution in [0.3, 0.4) is 0 Å². The Labute approximate surface area is 187 Å². The molecular weight excluding hydrogens is 434 g/mol. The van der Waals surface area contributed by atoms with Crippen LogP contribution in [0.15, 0.2) is 42.5 Å². The number of fused-ring (bicyclic) bond motifs is 1. The lowest BCUT2D eigenvalue weighted by molar-refractivity contribution is -0.149. The van der Waals surface area contributed by atoms with Gasteiger partial charge >= 0.3 is 5.97 Å². The lowest BCUT2D eigenvalue weighted by Crippen LogP contribution is -2.46. The molecule has 0 bridgehead atoms. The van der Waals surface area contributed by atoms with Crippen molar-refractivity contribution in [2.75, 3.05) is 25.2 Å². The highest BCUT2D eigenvalue weighted by Crippen LogP contribution is 2.26. The van der Waals surface area contributed by atoms with E-state index in [2.05, 4.69) is 0 Å². The van der Waals surface area contributed by atoms with Crippen LogP contribution in [0.1, 0.15) is 38.3 Å². The van der Waals surface area contributed by atoms with E-state index >= 15 is 0 Å². The second kappa shape index (κ2) is 9.52. The number of carbonyl (C=O) groups excluding carboxylic acids is 3. The summed E-state index contributed by atoms with van der Waals surface area (Å²) in [5.41, 5.74) is 2.41. The highest BCUT2D eigenvalue weighted by molar-refractivity contribution is 7.90. The Bertz CT molecular complexity index is 1100. The molecule has 8 nitrogen and oxygen atoms in total. The third-order valence-corrected chi connectivity index (χ3v) is 5.94. The van der Waals surface area contributed by atoms with Crippen molar-refractivity contribution in [3.63, 3.8) is 0 Å². The Balaban J connectivity index is 1.69. The molecule has 32 heavy (non-hydrogen) atoms. The second-order valence-electron chi connectivity index (χ2n) is 7.80. The summed E-state index contributed by atoms with van der Waals surface area (Å²) >= 11 is 0. The maximum absolute atomic E-state index is 12.8. The third kappa shape index (κ3) is 5.53. The zero-order chi connectivity index (χ0) is 23.5. The molecule has 3 rings (SSSR count). The molecule has 0 aromatic heterocycles. The number of carbonyl (C=O) groups is 3. The SMILES string of the molecule is Cc1cc(C)cc(OCCOC(=O)[C@@H](CCS(C)(=O)=O)N2C(=O)c3ccccc3C2=O)c1. The topological polar surface area (TPSA) is 107 Å². The van der Waals surface area contributed by atoms with Crippen LogP contribution in [0.4, 0.5) is 0 Å². The molecule has 1 atom stereocenters. The van der Waals surface area contributed by atoms with E-state index in [4.69, 9.17) is 9.47 Å². The number of ether oxygens (including phenoxy) is 2. The fourth-order valence-electron chi connectivity index (χ4n) is 3.58. The van der Waals surface area contributed by atoms with Gasteiger partial charge in [-0.2, -0.15) is 0 Å². The average molecular weight is 460 g/mol. The lowest BCUT2D eigenvalue weighted by atomic mass is 10.1. The van der Waals surface area contributed by atoms with E-state index in [0.29, 0.717) is 5.75 Å². The molecule has 1 aliphatic heterocycles. The van der Waals surface area contributed by atoms with Gasteiger partial charge in [0.1, 0.15) is 34.8 Å². The molecule has 0 fully saturated rings. The molecule has 2 aromatic carbocycles. The molecule has 0 radical (unpaired) electrons. The molecule has 9 heteroatoms. The predicted molar refractivity (Wildman–Crippen MR) is 117 cm³/mol. The first-order chi connectivity index (χ1) is 15.1. The Kier molecular flexibility index (Phi) is 6.98. The van der Waals surface area contributed by atoms with Crippen LogP contribution < -0.4 is 4.74 Å². The first kappa shape index (κ1) is 23.5. The Morgan fingerprint density at radius 2 is 1.53 bits per heavy atom. The number of rotatable bonds is 9. The molecule has 0 saturated heterocycles. The van der Waals surface area contributed by atoms with Gasteiger partial charge in [-0.3, -0.25) is 14.5 Å². The van der Waals surface area contributed by atoms with Crippen molar-refractivity contribution in [3.05, 3.63) is 64.7 Å². The highest BCUT2D eigenvalue weighted by atomic mass is 32.2. The van der Waals surface area contributed by atoms with Crippen LogP contribution in [0.25, 0.3) is 0 Å². The van der Waals surface area contributed by atoms with E-state index in [-0.39, 0.29) is 36.5 Å². The zero-order valence-electron chi connectivity index (χ0n) is 18.2. The molecule has 1 heterocycles. The smallest absolute Gasteiger partial charge is 0.329 e. The molecule has 2 amide bonds. The van der Waals surface area contributed by atoms with Crippen LogP contribution in [0.5, 0.6) is 5.75 Å². The Hall–Kier alpha value is -3.20. The first-order valence-electron chi connectivity index (χ1n) is 10.1. The number of nitrogens with zero attached hydrogens (tertiary/aromatic N) is 1. The summed E-state index contributed by atoms with van der Waals surface area (Å²) in [6.07, 6.45) is 0.774. The standard InChI is InChI=1S/C23H25NO7S/c1-15-12-16(2)14-17(13-15)30-9-10-31-23(27)20(8-11-32(3,28)29)24-21(25)18-6-4-5-7-19(18)22(24)26/h4-7,12-14,20H,8-11H2,1-3H3/t20-/m1/s1. The Morgan fingerprint density at radius 1 is 0.969 bits per heavy atom. The van der Waals surface area contributed by atoms with Gasteiger partial charge in [0.2, 0.25) is 0 Å². The van der Waals surface area contributed by atoms with Crippen LogP contribution >= 0.6 is 0 Å². The number of hydrogen-bond donors (Lipinski definition) is 0. The summed E-state index contributed by atoms with van der Waals surface area (Å²) < 4.78 is 34.2. The molecule has 0 spiro atoms. The van der Waals surface area contributed by atoms with Crippen molar-refractivity contribution >= 4 is 27.6 Å². The summed E-state index contributed by atoms with van der Waals surface area (Å²) in [6.45, 7) is 3.82. The third-order valence-electron chi connectivity index (χ3n) is 4.96. The average Bonchev–Trinajstić information content (AvgIpc) is 2.95. The van der Waals surface area contributed by atoms with Gasteiger partial charge in [-0.15, -0.1) is 0 Å². The van der Waals surface area contributed by atoms with Crippen molar-refractivity contribution in [1.82, 2.24) is 4.90 Å². The van der Waals surface area contributed by atoms with E-state index in [0.717, 1.165) is 22.3 Å². The van der Waals surface area contributed by atoms with Crippen molar-refractivity contribution < 1.29 is 32.3 Å². The molecule has 1 aliphatic rings. The van der Waals surface area contributed by atoms with Gasteiger partial charge in [-0.25, -0.2) is 13.2 Å². The van der Waals surface area contributed by atoms with Crippen molar-refractivity contribution in [1.29, 1.82) is 0 Å². The lowest BCUT2D eigenvalue weighted by Gasteiger charge is -2.24. The molecule has 2 aromatic rings. The van der Waals surface area contributed by atoms with Crippen LogP contribution in [-0.2, 0) is 19.4 Å². The second-order valence-corrected chi connectivity index (χ2v) is 10.1. The summed E-state index contributed by atoms with van der Waals surface area (Å²) in [6, 6.07) is 10.6. The van der Waals surface area contributed by atoms with Crippen molar-refractivity contribution in [3.8, 4) is 5.75 Å². The number of sulfone groups is 1. The van der Waals surface area contributed by atoms with Gasteiger partial charge in [-0.05, 0) is 55.7 Å². The van der Waals surface area contributed by atoms with E-state index < -0.39 is 33.7 Å². The monoisotopic (exact) mass is 459 g/mol. The van der Waals surface area contributed by atoms with Gasteiger partial charge in [0.15, 0.2) is 0 Å². The fraction of sp³-hybridized carbons (Fsp3) is 0.348. The highest BCUT2D eigenvalue weighted by Gasteiger charge is 2.43. The van der Waals surface area contributed by atoms with Gasteiger partial charge < -0.3 is 9.47 Å². The number of amides is 2. The Morgan fingerprint density at radius 3 is 2.06 bits per heavy atom. The van der Waals surface area contributed by atoms with Gasteiger partial charge in [0.25, 0.3) is 11.8 Å². The minimum atomic E-state index is -3.44. The van der Waals surface area contributed by atoms with Crippen LogP contribution in [0, 0.1) is 13.8 Å². The number of esters is 1. The van der Waals surface area contributed by atoms with E-state index in [1.165, 1.54) is 12.1 Å². The van der Waals surface area contributed by atoms with Crippen LogP contribution in [-0.4, -0.2) is 62.4 Å². The molecule has 0 unspecified atom stereocenters. The predicted octanol–water partition coefficient (Wildman–Crippen LogP) is 2.32. The minimum Gasteiger partial charge on any atom is -0.490 e. The maximum atomic E-state index is 12.8. The summed E-state index contributed by atoms with van der Waals surface area (Å²) in [5, 5.41) is 0. The summed E-state index contributed by atoms with van der Waals surface area (Å²) in [5.74, 6) is -1.89. The minimum absolute atomic E-state index is 0.0650. The first-order valence-corrected chi connectivity index (χ1v) is 12.2. The summed E-state index contributed by atoms with van der Waals surface area (Å²) in [7, 11) is -3.44. The molecule has 170 valence electrons. The van der Waals surface area contributed by atoms with Gasteiger partial charge in [0, 0.05) is 6.26 Å². The molecule has 0 aliphatic carbocycles. The number of hydrogen-bond acceptors (Lipinski definition) is 7. The number of aryl methyl sites for hydroxylation is 2. The normalized spacial score (nSPS) is 14.3. The molecule has 0 N–H and O–H groups in total. The van der Waals surface area contributed by atoms with E-state index in [1.807, 2.05) is 32.0 Å². The number of benzene rings is 2. The summed E-state index contributed by atoms with van der Waals surface area (Å²) in [4.78, 5) is 39.1. The van der Waals surface area contributed by atoms with Crippen molar-refractivity contribution in [2.24, 2.45) is 0 Å². The zero-order valence-corrected chi connectivity index (χ0v) is 19.0. The van der Waals surface area contributed by atoms with Crippen LogP contribution in [0.2, 0.25) is 0 Å². The van der Waals surface area contributed by atoms with Crippen molar-refractivity contribution in [2.45, 2.75) is 26.3 Å². The van der Waals surface area contributed by atoms with E-state index in [1.54, 1.807) is 12.1 Å². The largest absolute Gasteiger partial charge is 0.490 e. The molecule has 0 saturated carbocycles.